The fourth-order valence-electron chi connectivity index (χ4n) is 2.30. The minimum Gasteiger partial charge on any atom is -0.399 e. The topological polar surface area (TPSA) is 72.2 Å². The number of rotatable bonds is 3. The van der Waals surface area contributed by atoms with Crippen molar-refractivity contribution in [2.24, 2.45) is 0 Å². The summed E-state index contributed by atoms with van der Waals surface area (Å²) >= 11 is 6.14. The van der Waals surface area contributed by atoms with Gasteiger partial charge in [0.05, 0.1) is 10.7 Å². The van der Waals surface area contributed by atoms with Crippen molar-refractivity contribution in [1.82, 2.24) is 0 Å². The second-order valence-corrected chi connectivity index (χ2v) is 6.86. The Morgan fingerprint density at radius 3 is 2.50 bits per heavy atom. The van der Waals surface area contributed by atoms with Gasteiger partial charge < -0.3 is 5.73 Å². The van der Waals surface area contributed by atoms with Crippen LogP contribution >= 0.6 is 11.6 Å². The Bertz CT molecular complexity index is 955. The van der Waals surface area contributed by atoms with E-state index in [0.717, 1.165) is 5.39 Å². The molecule has 0 spiro atoms. The maximum atomic E-state index is 12.7. The summed E-state index contributed by atoms with van der Waals surface area (Å²) in [7, 11) is -3.82. The number of fused-ring (bicyclic) bond motifs is 1. The lowest BCUT2D eigenvalue weighted by Gasteiger charge is -2.12. The molecule has 0 saturated carbocycles. The first-order valence-electron chi connectivity index (χ1n) is 6.53. The van der Waals surface area contributed by atoms with Crippen LogP contribution in [0.25, 0.3) is 10.8 Å². The fourth-order valence-corrected chi connectivity index (χ4v) is 4.11. The molecule has 0 radical (unpaired) electrons. The molecule has 0 aliphatic heterocycles. The van der Waals surface area contributed by atoms with E-state index in [1.165, 1.54) is 0 Å². The third-order valence-electron chi connectivity index (χ3n) is 3.24. The van der Waals surface area contributed by atoms with E-state index in [4.69, 9.17) is 17.3 Å². The van der Waals surface area contributed by atoms with Gasteiger partial charge in [0.1, 0.15) is 4.90 Å². The van der Waals surface area contributed by atoms with Crippen LogP contribution in [0.3, 0.4) is 0 Å². The van der Waals surface area contributed by atoms with Crippen molar-refractivity contribution in [3.05, 3.63) is 65.7 Å². The molecule has 3 N–H and O–H groups in total. The van der Waals surface area contributed by atoms with Crippen LogP contribution in [0.5, 0.6) is 0 Å². The van der Waals surface area contributed by atoms with Gasteiger partial charge in [-0.1, -0.05) is 48.0 Å². The Morgan fingerprint density at radius 2 is 1.73 bits per heavy atom. The van der Waals surface area contributed by atoms with Crippen LogP contribution in [-0.2, 0) is 10.0 Å². The summed E-state index contributed by atoms with van der Waals surface area (Å²) in [5, 5.41) is 1.56. The number of nitrogen functional groups attached to an aromatic ring is 1. The predicted molar refractivity (Wildman–Crippen MR) is 90.6 cm³/mol. The Balaban J connectivity index is 2.15. The van der Waals surface area contributed by atoms with E-state index in [9.17, 15) is 8.42 Å². The van der Waals surface area contributed by atoms with Crippen molar-refractivity contribution in [2.45, 2.75) is 4.90 Å². The van der Waals surface area contributed by atoms with Crippen LogP contribution in [0.1, 0.15) is 0 Å². The lowest BCUT2D eigenvalue weighted by atomic mass is 10.1. The molecular weight excluding hydrogens is 320 g/mol. The van der Waals surface area contributed by atoms with E-state index < -0.39 is 10.0 Å². The van der Waals surface area contributed by atoms with Gasteiger partial charge in [-0.2, -0.15) is 0 Å². The number of benzene rings is 3. The van der Waals surface area contributed by atoms with Crippen molar-refractivity contribution >= 4 is 43.8 Å². The molecule has 0 fully saturated rings. The lowest BCUT2D eigenvalue weighted by molar-refractivity contribution is 0.602. The quantitative estimate of drug-likeness (QED) is 0.715. The number of anilines is 2. The molecule has 0 heterocycles. The monoisotopic (exact) mass is 332 g/mol. The fraction of sp³-hybridized carbons (Fsp3) is 0. The van der Waals surface area contributed by atoms with E-state index in [1.807, 2.05) is 12.1 Å². The smallest absolute Gasteiger partial charge is 0.264 e. The van der Waals surface area contributed by atoms with Crippen LogP contribution in [-0.4, -0.2) is 8.42 Å². The maximum absolute atomic E-state index is 12.7. The molecule has 112 valence electrons. The zero-order valence-corrected chi connectivity index (χ0v) is 13.0. The Hall–Kier alpha value is -2.24. The summed E-state index contributed by atoms with van der Waals surface area (Å²) in [6.07, 6.45) is 0. The first kappa shape index (κ1) is 14.7. The van der Waals surface area contributed by atoms with Gasteiger partial charge in [-0.05, 0) is 29.7 Å². The van der Waals surface area contributed by atoms with Gasteiger partial charge in [-0.15, -0.1) is 0 Å². The lowest BCUT2D eigenvalue weighted by Crippen LogP contribution is -2.14. The van der Waals surface area contributed by atoms with Crippen LogP contribution in [0.2, 0.25) is 5.02 Å². The number of nitrogens with two attached hydrogens (primary N) is 1. The maximum Gasteiger partial charge on any atom is 0.264 e. The second kappa shape index (κ2) is 5.51. The Kier molecular flexibility index (Phi) is 3.68. The van der Waals surface area contributed by atoms with Crippen LogP contribution in [0, 0.1) is 0 Å². The highest BCUT2D eigenvalue weighted by Gasteiger charge is 2.21. The molecule has 4 nitrogen and oxygen atoms in total. The normalized spacial score (nSPS) is 11.5. The number of hydrogen-bond donors (Lipinski definition) is 2. The molecule has 0 aliphatic carbocycles. The van der Waals surface area contributed by atoms with Gasteiger partial charge >= 0.3 is 0 Å². The SMILES string of the molecule is Nc1cccc(NS(=O)(=O)c2c(Cl)ccc3ccccc23)c1. The second-order valence-electron chi connectivity index (χ2n) is 4.83. The van der Waals surface area contributed by atoms with Crippen molar-refractivity contribution < 1.29 is 8.42 Å². The van der Waals surface area contributed by atoms with Gasteiger partial charge in [0, 0.05) is 11.1 Å². The average molecular weight is 333 g/mol. The van der Waals surface area contributed by atoms with Gasteiger partial charge in [-0.25, -0.2) is 8.42 Å². The van der Waals surface area contributed by atoms with Crippen molar-refractivity contribution in [1.29, 1.82) is 0 Å². The zero-order chi connectivity index (χ0) is 15.7. The molecule has 3 rings (SSSR count). The summed E-state index contributed by atoms with van der Waals surface area (Å²) in [5.41, 5.74) is 6.54. The first-order chi connectivity index (χ1) is 10.5. The summed E-state index contributed by atoms with van der Waals surface area (Å²) < 4.78 is 27.9. The first-order valence-corrected chi connectivity index (χ1v) is 8.39. The minimum absolute atomic E-state index is 0.0645. The van der Waals surface area contributed by atoms with Crippen molar-refractivity contribution in [3.8, 4) is 0 Å². The highest BCUT2D eigenvalue weighted by molar-refractivity contribution is 7.93. The van der Waals surface area contributed by atoms with Gasteiger partial charge in [0.25, 0.3) is 10.0 Å². The molecule has 0 aromatic heterocycles. The van der Waals surface area contributed by atoms with Gasteiger partial charge in [0.2, 0.25) is 0 Å². The number of halogens is 1. The largest absolute Gasteiger partial charge is 0.399 e. The summed E-state index contributed by atoms with van der Waals surface area (Å²) in [4.78, 5) is 0.0645. The third-order valence-corrected chi connectivity index (χ3v) is 5.15. The molecule has 6 heteroatoms. The molecular formula is C16H13ClN2O2S. The van der Waals surface area contributed by atoms with E-state index in [1.54, 1.807) is 48.5 Å². The number of hydrogen-bond acceptors (Lipinski definition) is 3. The highest BCUT2D eigenvalue weighted by Crippen LogP contribution is 2.31. The minimum atomic E-state index is -3.82. The highest BCUT2D eigenvalue weighted by atomic mass is 35.5. The molecule has 0 bridgehead atoms. The Morgan fingerprint density at radius 1 is 0.955 bits per heavy atom. The summed E-state index contributed by atoms with van der Waals surface area (Å²) in [6.45, 7) is 0. The van der Waals surface area contributed by atoms with Crippen LogP contribution in [0.4, 0.5) is 11.4 Å². The van der Waals surface area contributed by atoms with Crippen LogP contribution < -0.4 is 10.5 Å². The predicted octanol–water partition coefficient (Wildman–Crippen LogP) is 3.88. The molecule has 3 aromatic carbocycles. The summed E-state index contributed by atoms with van der Waals surface area (Å²) in [6, 6.07) is 17.1. The zero-order valence-electron chi connectivity index (χ0n) is 11.5. The van der Waals surface area contributed by atoms with E-state index >= 15 is 0 Å². The average Bonchev–Trinajstić information content (AvgIpc) is 2.46. The molecule has 0 amide bonds. The van der Waals surface area contributed by atoms with Crippen molar-refractivity contribution in [2.75, 3.05) is 10.5 Å². The van der Waals surface area contributed by atoms with Gasteiger partial charge in [0.15, 0.2) is 0 Å². The molecule has 0 atom stereocenters. The van der Waals surface area contributed by atoms with E-state index in [0.29, 0.717) is 16.8 Å². The molecule has 22 heavy (non-hydrogen) atoms. The van der Waals surface area contributed by atoms with Crippen LogP contribution in [0.15, 0.2) is 65.6 Å². The molecule has 0 aliphatic rings. The van der Waals surface area contributed by atoms with E-state index in [2.05, 4.69) is 4.72 Å². The standard InChI is InChI=1S/C16H13ClN2O2S/c17-15-9-8-11-4-1-2-7-14(11)16(15)22(20,21)19-13-6-3-5-12(18)10-13/h1-10,19H,18H2. The number of nitrogens with one attached hydrogen (secondary N) is 1. The molecule has 0 unspecified atom stereocenters. The van der Waals surface area contributed by atoms with Crippen molar-refractivity contribution in [3.63, 3.8) is 0 Å². The number of sulfonamides is 1. The summed E-state index contributed by atoms with van der Waals surface area (Å²) in [5.74, 6) is 0. The molecule has 3 aromatic rings. The third kappa shape index (κ3) is 2.73. The van der Waals surface area contributed by atoms with Gasteiger partial charge in [-0.3, -0.25) is 4.72 Å². The Labute approximate surface area is 133 Å². The van der Waals surface area contributed by atoms with E-state index in [-0.39, 0.29) is 9.92 Å². The molecule has 0 saturated heterocycles.